The molecule has 12 heavy (non-hydrogen) atoms. The summed E-state index contributed by atoms with van der Waals surface area (Å²) >= 11 is 0. The van der Waals surface area contributed by atoms with Crippen LogP contribution in [-0.2, 0) is 0 Å². The lowest BCUT2D eigenvalue weighted by Gasteiger charge is -2.34. The van der Waals surface area contributed by atoms with Gasteiger partial charge in [-0.25, -0.2) is 0 Å². The lowest BCUT2D eigenvalue weighted by atomic mass is 9.97. The Morgan fingerprint density at radius 3 is 2.67 bits per heavy atom. The van der Waals surface area contributed by atoms with Gasteiger partial charge < -0.3 is 5.21 Å². The van der Waals surface area contributed by atoms with Crippen molar-refractivity contribution in [2.45, 2.75) is 33.2 Å². The molecule has 1 saturated heterocycles. The molecular formula is C9H18N2O. The molecule has 1 heterocycles. The quantitative estimate of drug-likeness (QED) is 0.479. The van der Waals surface area contributed by atoms with Gasteiger partial charge in [0.25, 0.3) is 0 Å². The highest BCUT2D eigenvalue weighted by Gasteiger charge is 2.23. The summed E-state index contributed by atoms with van der Waals surface area (Å²) in [6.07, 6.45) is 0.913. The molecule has 0 spiro atoms. The van der Waals surface area contributed by atoms with Crippen LogP contribution in [0, 0.1) is 5.92 Å². The van der Waals surface area contributed by atoms with Crippen LogP contribution in [0.25, 0.3) is 0 Å². The predicted octanol–water partition coefficient (Wildman–Crippen LogP) is 1.57. The van der Waals surface area contributed by atoms with Crippen LogP contribution in [0.1, 0.15) is 27.2 Å². The summed E-state index contributed by atoms with van der Waals surface area (Å²) in [5.74, 6) is 0.408. The van der Waals surface area contributed by atoms with E-state index < -0.39 is 0 Å². The lowest BCUT2D eigenvalue weighted by Crippen LogP contribution is -2.43. The molecule has 0 aliphatic carbocycles. The Labute approximate surface area is 74.1 Å². The summed E-state index contributed by atoms with van der Waals surface area (Å²) in [6.45, 7) is 8.57. The normalized spacial score (nSPS) is 30.0. The Balaban J connectivity index is 2.52. The van der Waals surface area contributed by atoms with E-state index in [0.29, 0.717) is 12.0 Å². The van der Waals surface area contributed by atoms with Crippen LogP contribution in [0.4, 0.5) is 0 Å². The Kier molecular flexibility index (Phi) is 3.09. The number of hydrogen-bond acceptors (Lipinski definition) is 3. The molecule has 1 aliphatic heterocycles. The third-order valence-corrected chi connectivity index (χ3v) is 2.59. The Bertz CT molecular complexity index is 177. The van der Waals surface area contributed by atoms with Gasteiger partial charge in [-0.3, -0.25) is 4.90 Å². The van der Waals surface area contributed by atoms with Gasteiger partial charge in [0.05, 0.1) is 5.71 Å². The molecule has 0 radical (unpaired) electrons. The van der Waals surface area contributed by atoms with Crippen molar-refractivity contribution >= 4 is 5.71 Å². The summed E-state index contributed by atoms with van der Waals surface area (Å²) in [5, 5.41) is 12.0. The number of piperidine rings is 1. The van der Waals surface area contributed by atoms with E-state index in [1.807, 2.05) is 0 Å². The fourth-order valence-corrected chi connectivity index (χ4v) is 1.67. The topological polar surface area (TPSA) is 35.8 Å². The molecule has 0 amide bonds. The lowest BCUT2D eigenvalue weighted by molar-refractivity contribution is 0.193. The maximum atomic E-state index is 8.66. The molecule has 1 atom stereocenters. The highest BCUT2D eigenvalue weighted by molar-refractivity contribution is 5.86. The standard InChI is InChI=1S/C9H18N2O/c1-7(2)11-5-4-9(10-12)8(3)6-11/h7-8,12H,4-6H2,1-3H3. The molecule has 3 nitrogen and oxygen atoms in total. The average Bonchev–Trinajstić information content (AvgIpc) is 2.04. The number of nitrogens with zero attached hydrogens (tertiary/aromatic N) is 2. The summed E-state index contributed by atoms with van der Waals surface area (Å²) in [4.78, 5) is 2.42. The molecule has 1 unspecified atom stereocenters. The van der Waals surface area contributed by atoms with Crippen LogP contribution in [-0.4, -0.2) is 35.0 Å². The predicted molar refractivity (Wildman–Crippen MR) is 49.7 cm³/mol. The summed E-state index contributed by atoms with van der Waals surface area (Å²) in [5.41, 5.74) is 0.951. The summed E-state index contributed by atoms with van der Waals surface area (Å²) in [7, 11) is 0. The molecule has 0 saturated carbocycles. The molecule has 1 rings (SSSR count). The van der Waals surface area contributed by atoms with Gasteiger partial charge in [0, 0.05) is 31.5 Å². The molecule has 0 aromatic rings. The Morgan fingerprint density at radius 2 is 2.25 bits per heavy atom. The van der Waals surface area contributed by atoms with Gasteiger partial charge in [0.15, 0.2) is 0 Å². The highest BCUT2D eigenvalue weighted by atomic mass is 16.4. The van der Waals surface area contributed by atoms with Crippen LogP contribution < -0.4 is 0 Å². The molecule has 1 fully saturated rings. The molecule has 1 aliphatic rings. The van der Waals surface area contributed by atoms with Gasteiger partial charge in [0.2, 0.25) is 0 Å². The van der Waals surface area contributed by atoms with Crippen molar-refractivity contribution in [3.8, 4) is 0 Å². The second-order valence-corrected chi connectivity index (χ2v) is 3.83. The van der Waals surface area contributed by atoms with Crippen molar-refractivity contribution in [3.05, 3.63) is 0 Å². The zero-order chi connectivity index (χ0) is 9.14. The zero-order valence-electron chi connectivity index (χ0n) is 8.12. The van der Waals surface area contributed by atoms with Crippen LogP contribution in [0.2, 0.25) is 0 Å². The van der Waals surface area contributed by atoms with Crippen LogP contribution >= 0.6 is 0 Å². The number of oxime groups is 1. The average molecular weight is 170 g/mol. The van der Waals surface area contributed by atoms with Gasteiger partial charge in [-0.1, -0.05) is 12.1 Å². The molecule has 0 bridgehead atoms. The van der Waals surface area contributed by atoms with Gasteiger partial charge in [-0.05, 0) is 13.8 Å². The monoisotopic (exact) mass is 170 g/mol. The van der Waals surface area contributed by atoms with E-state index in [2.05, 4.69) is 30.8 Å². The first kappa shape index (κ1) is 9.52. The zero-order valence-corrected chi connectivity index (χ0v) is 8.12. The van der Waals surface area contributed by atoms with Gasteiger partial charge in [-0.15, -0.1) is 0 Å². The van der Waals surface area contributed by atoms with Crippen LogP contribution in [0.5, 0.6) is 0 Å². The van der Waals surface area contributed by atoms with Crippen molar-refractivity contribution in [1.29, 1.82) is 0 Å². The van der Waals surface area contributed by atoms with E-state index in [-0.39, 0.29) is 0 Å². The minimum Gasteiger partial charge on any atom is -0.411 e. The molecule has 3 heteroatoms. The fourth-order valence-electron chi connectivity index (χ4n) is 1.67. The summed E-state index contributed by atoms with van der Waals surface area (Å²) < 4.78 is 0. The third-order valence-electron chi connectivity index (χ3n) is 2.59. The van der Waals surface area contributed by atoms with E-state index in [9.17, 15) is 0 Å². The molecule has 0 aromatic heterocycles. The second-order valence-electron chi connectivity index (χ2n) is 3.83. The fraction of sp³-hybridized carbons (Fsp3) is 0.889. The maximum Gasteiger partial charge on any atom is 0.0624 e. The SMILES string of the molecule is CC1CN(C(C)C)CCC1=NO. The number of rotatable bonds is 1. The van der Waals surface area contributed by atoms with Crippen molar-refractivity contribution in [2.75, 3.05) is 13.1 Å². The third kappa shape index (κ3) is 1.97. The largest absolute Gasteiger partial charge is 0.411 e. The number of likely N-dealkylation sites (tertiary alicyclic amines) is 1. The van der Waals surface area contributed by atoms with Gasteiger partial charge in [-0.2, -0.15) is 0 Å². The van der Waals surface area contributed by atoms with E-state index in [1.165, 1.54) is 0 Å². The van der Waals surface area contributed by atoms with Crippen molar-refractivity contribution in [2.24, 2.45) is 11.1 Å². The van der Waals surface area contributed by atoms with Gasteiger partial charge in [0.1, 0.15) is 0 Å². The maximum absolute atomic E-state index is 8.66. The Hall–Kier alpha value is -0.570. The first-order chi connectivity index (χ1) is 5.65. The molecular weight excluding hydrogens is 152 g/mol. The second kappa shape index (κ2) is 3.90. The first-order valence-electron chi connectivity index (χ1n) is 4.60. The van der Waals surface area contributed by atoms with Crippen molar-refractivity contribution in [1.82, 2.24) is 4.90 Å². The van der Waals surface area contributed by atoms with Crippen molar-refractivity contribution < 1.29 is 5.21 Å². The minimum absolute atomic E-state index is 0.408. The minimum atomic E-state index is 0.408. The first-order valence-corrected chi connectivity index (χ1v) is 4.60. The highest BCUT2D eigenvalue weighted by Crippen LogP contribution is 2.15. The Morgan fingerprint density at radius 1 is 1.58 bits per heavy atom. The van der Waals surface area contributed by atoms with Crippen LogP contribution in [0.15, 0.2) is 5.16 Å². The van der Waals surface area contributed by atoms with Crippen molar-refractivity contribution in [3.63, 3.8) is 0 Å². The smallest absolute Gasteiger partial charge is 0.0624 e. The van der Waals surface area contributed by atoms with E-state index >= 15 is 0 Å². The van der Waals surface area contributed by atoms with E-state index in [0.717, 1.165) is 25.2 Å². The molecule has 0 aromatic carbocycles. The van der Waals surface area contributed by atoms with Gasteiger partial charge >= 0.3 is 0 Å². The number of hydrogen-bond donors (Lipinski definition) is 1. The summed E-state index contributed by atoms with van der Waals surface area (Å²) in [6, 6.07) is 0.604. The molecule has 70 valence electrons. The molecule has 1 N–H and O–H groups in total. The van der Waals surface area contributed by atoms with Crippen LogP contribution in [0.3, 0.4) is 0 Å². The van der Waals surface area contributed by atoms with E-state index in [1.54, 1.807) is 0 Å². The van der Waals surface area contributed by atoms with E-state index in [4.69, 9.17) is 5.21 Å².